The Labute approximate surface area is 136 Å². The highest BCUT2D eigenvalue weighted by molar-refractivity contribution is 5.85. The topological polar surface area (TPSA) is 50.4 Å². The number of hydrogen-bond donors (Lipinski definition) is 2. The van der Waals surface area contributed by atoms with Gasteiger partial charge in [0.2, 0.25) is 5.91 Å². The first kappa shape index (κ1) is 20.7. The van der Waals surface area contributed by atoms with E-state index in [-0.39, 0.29) is 29.1 Å². The largest absolute Gasteiger partial charge is 0.384 e. The molecule has 1 heterocycles. The average Bonchev–Trinajstić information content (AvgIpc) is 2.36. The minimum Gasteiger partial charge on any atom is -0.384 e. The second-order valence-electron chi connectivity index (χ2n) is 7.41. The number of carbonyl (C=O) groups is 1. The van der Waals surface area contributed by atoms with Gasteiger partial charge in [0, 0.05) is 13.7 Å². The van der Waals surface area contributed by atoms with E-state index in [0.29, 0.717) is 12.5 Å². The van der Waals surface area contributed by atoms with Gasteiger partial charge in [0.1, 0.15) is 0 Å². The number of piperidine rings is 1. The van der Waals surface area contributed by atoms with Gasteiger partial charge in [0.05, 0.1) is 12.0 Å². The van der Waals surface area contributed by atoms with E-state index in [2.05, 4.69) is 38.3 Å². The molecule has 5 heteroatoms. The van der Waals surface area contributed by atoms with Gasteiger partial charge in [-0.05, 0) is 43.7 Å². The van der Waals surface area contributed by atoms with Crippen LogP contribution in [0.3, 0.4) is 0 Å². The van der Waals surface area contributed by atoms with Crippen LogP contribution in [0.25, 0.3) is 0 Å². The van der Waals surface area contributed by atoms with Crippen LogP contribution in [-0.2, 0) is 9.53 Å². The van der Waals surface area contributed by atoms with E-state index in [1.54, 1.807) is 7.11 Å². The molecule has 0 aromatic heterocycles. The van der Waals surface area contributed by atoms with Gasteiger partial charge in [0.25, 0.3) is 0 Å². The summed E-state index contributed by atoms with van der Waals surface area (Å²) in [7, 11) is 1.68. The smallest absolute Gasteiger partial charge is 0.228 e. The van der Waals surface area contributed by atoms with Crippen LogP contribution in [0.15, 0.2) is 0 Å². The van der Waals surface area contributed by atoms with Crippen molar-refractivity contribution in [3.05, 3.63) is 0 Å². The molecule has 0 bridgehead atoms. The molecule has 0 aromatic carbocycles. The Morgan fingerprint density at radius 2 is 1.90 bits per heavy atom. The molecule has 1 aliphatic rings. The zero-order chi connectivity index (χ0) is 15.2. The highest BCUT2D eigenvalue weighted by atomic mass is 35.5. The fraction of sp³-hybridized carbons (Fsp3) is 0.938. The molecule has 1 amide bonds. The van der Waals surface area contributed by atoms with Gasteiger partial charge in [-0.1, -0.05) is 27.7 Å². The Kier molecular flexibility index (Phi) is 8.83. The van der Waals surface area contributed by atoms with Crippen molar-refractivity contribution in [2.24, 2.45) is 16.7 Å². The van der Waals surface area contributed by atoms with Gasteiger partial charge in [-0.15, -0.1) is 12.4 Å². The van der Waals surface area contributed by atoms with Crippen LogP contribution in [0.5, 0.6) is 0 Å². The molecule has 1 aliphatic heterocycles. The van der Waals surface area contributed by atoms with E-state index in [1.165, 1.54) is 0 Å². The van der Waals surface area contributed by atoms with E-state index < -0.39 is 0 Å². The number of carbonyl (C=O) groups excluding carboxylic acids is 1. The molecule has 2 N–H and O–H groups in total. The highest BCUT2D eigenvalue weighted by Crippen LogP contribution is 2.30. The Hall–Kier alpha value is -0.320. The lowest BCUT2D eigenvalue weighted by molar-refractivity contribution is -0.136. The number of amides is 1. The lowest BCUT2D eigenvalue weighted by Crippen LogP contribution is -2.51. The van der Waals surface area contributed by atoms with E-state index >= 15 is 0 Å². The molecule has 1 saturated heterocycles. The van der Waals surface area contributed by atoms with E-state index in [4.69, 9.17) is 4.74 Å². The van der Waals surface area contributed by atoms with Gasteiger partial charge in [-0.3, -0.25) is 4.79 Å². The highest BCUT2D eigenvalue weighted by Gasteiger charge is 2.40. The summed E-state index contributed by atoms with van der Waals surface area (Å²) in [5, 5.41) is 6.49. The maximum absolute atomic E-state index is 12.6. The Balaban J connectivity index is 0.00000400. The van der Waals surface area contributed by atoms with Gasteiger partial charge in [-0.2, -0.15) is 0 Å². The van der Waals surface area contributed by atoms with Crippen LogP contribution < -0.4 is 10.6 Å². The van der Waals surface area contributed by atoms with Gasteiger partial charge >= 0.3 is 0 Å². The van der Waals surface area contributed by atoms with Crippen LogP contribution in [0.4, 0.5) is 0 Å². The molecule has 1 rings (SSSR count). The van der Waals surface area contributed by atoms with Crippen LogP contribution in [-0.4, -0.2) is 39.3 Å². The van der Waals surface area contributed by atoms with Crippen molar-refractivity contribution >= 4 is 18.3 Å². The van der Waals surface area contributed by atoms with Gasteiger partial charge in [0.15, 0.2) is 0 Å². The van der Waals surface area contributed by atoms with Gasteiger partial charge in [-0.25, -0.2) is 0 Å². The van der Waals surface area contributed by atoms with E-state index in [9.17, 15) is 4.79 Å². The summed E-state index contributed by atoms with van der Waals surface area (Å²) in [6, 6.07) is 0. The molecule has 0 aromatic rings. The first-order valence-corrected chi connectivity index (χ1v) is 7.79. The minimum absolute atomic E-state index is 0. The Morgan fingerprint density at radius 3 is 2.38 bits per heavy atom. The maximum atomic E-state index is 12.6. The second kappa shape index (κ2) is 8.96. The first-order chi connectivity index (χ1) is 9.31. The van der Waals surface area contributed by atoms with E-state index in [1.807, 2.05) is 0 Å². The number of ether oxygens (including phenoxy) is 1. The summed E-state index contributed by atoms with van der Waals surface area (Å²) < 4.78 is 5.31. The van der Waals surface area contributed by atoms with Crippen molar-refractivity contribution in [1.29, 1.82) is 0 Å². The Bertz CT molecular complexity index is 308. The predicted molar refractivity (Wildman–Crippen MR) is 89.9 cm³/mol. The molecule has 0 radical (unpaired) electrons. The van der Waals surface area contributed by atoms with Crippen LogP contribution in [0.2, 0.25) is 0 Å². The van der Waals surface area contributed by atoms with Crippen molar-refractivity contribution in [2.45, 2.75) is 47.0 Å². The molecule has 0 aliphatic carbocycles. The van der Waals surface area contributed by atoms with Crippen LogP contribution >= 0.6 is 12.4 Å². The van der Waals surface area contributed by atoms with Crippen molar-refractivity contribution in [3.8, 4) is 0 Å². The summed E-state index contributed by atoms with van der Waals surface area (Å²) in [4.78, 5) is 12.6. The zero-order valence-corrected chi connectivity index (χ0v) is 15.1. The molecule has 4 nitrogen and oxygen atoms in total. The third kappa shape index (κ3) is 6.54. The summed E-state index contributed by atoms with van der Waals surface area (Å²) >= 11 is 0. The monoisotopic (exact) mass is 320 g/mol. The van der Waals surface area contributed by atoms with Crippen molar-refractivity contribution in [3.63, 3.8) is 0 Å². The molecule has 126 valence electrons. The minimum atomic E-state index is -0.339. The quantitative estimate of drug-likeness (QED) is 0.758. The molecule has 1 fully saturated rings. The van der Waals surface area contributed by atoms with E-state index in [0.717, 1.165) is 38.9 Å². The number of rotatable bonds is 7. The van der Waals surface area contributed by atoms with Crippen molar-refractivity contribution in [2.75, 3.05) is 33.4 Å². The first-order valence-electron chi connectivity index (χ1n) is 7.79. The maximum Gasteiger partial charge on any atom is 0.228 e. The lowest BCUT2D eigenvalue weighted by atomic mass is 9.78. The molecule has 0 unspecified atom stereocenters. The number of halogens is 1. The van der Waals surface area contributed by atoms with Crippen LogP contribution in [0.1, 0.15) is 47.0 Å². The third-order valence-electron chi connectivity index (χ3n) is 4.15. The zero-order valence-electron chi connectivity index (χ0n) is 14.3. The fourth-order valence-corrected chi connectivity index (χ4v) is 3.30. The standard InChI is InChI=1S/C16H32N2O2.ClH/c1-13(2)10-15(3,4)11-18-14(19)16(12-20-5)6-8-17-9-7-16;/h13,17H,6-12H2,1-5H3,(H,18,19);1H. The van der Waals surface area contributed by atoms with Crippen molar-refractivity contribution in [1.82, 2.24) is 10.6 Å². The van der Waals surface area contributed by atoms with Gasteiger partial charge < -0.3 is 15.4 Å². The molecular weight excluding hydrogens is 288 g/mol. The summed E-state index contributed by atoms with van der Waals surface area (Å²) in [6.07, 6.45) is 2.83. The summed E-state index contributed by atoms with van der Waals surface area (Å²) in [5.74, 6) is 0.811. The number of nitrogens with one attached hydrogen (secondary N) is 2. The summed E-state index contributed by atoms with van der Waals surface area (Å²) in [6.45, 7) is 11.9. The van der Waals surface area contributed by atoms with Crippen molar-refractivity contribution < 1.29 is 9.53 Å². The van der Waals surface area contributed by atoms with Crippen LogP contribution in [0, 0.1) is 16.7 Å². The average molecular weight is 321 g/mol. The molecule has 0 saturated carbocycles. The number of hydrogen-bond acceptors (Lipinski definition) is 3. The SMILES string of the molecule is COCC1(C(=O)NCC(C)(C)CC(C)C)CCNCC1.Cl. The molecule has 0 spiro atoms. The second-order valence-corrected chi connectivity index (χ2v) is 7.41. The fourth-order valence-electron chi connectivity index (χ4n) is 3.30. The number of methoxy groups -OCH3 is 1. The third-order valence-corrected chi connectivity index (χ3v) is 4.15. The summed E-state index contributed by atoms with van der Waals surface area (Å²) in [5.41, 5.74) is -0.196. The predicted octanol–water partition coefficient (Wildman–Crippen LogP) is 2.61. The molecular formula is C16H33ClN2O2. The lowest BCUT2D eigenvalue weighted by Gasteiger charge is -2.37. The Morgan fingerprint density at radius 1 is 1.33 bits per heavy atom. The molecule has 21 heavy (non-hydrogen) atoms. The molecule has 0 atom stereocenters. The normalized spacial score (nSPS) is 18.2.